The molecule has 2 N–H and O–H groups in total. The van der Waals surface area contributed by atoms with Gasteiger partial charge in [-0.2, -0.15) is 0 Å². The average Bonchev–Trinajstić information content (AvgIpc) is 2.76. The highest BCUT2D eigenvalue weighted by atomic mass is 32.1. The van der Waals surface area contributed by atoms with Crippen LogP contribution in [0.3, 0.4) is 0 Å². The van der Waals surface area contributed by atoms with Gasteiger partial charge in [-0.1, -0.05) is 0 Å². The number of nitrogens with one attached hydrogen (secondary N) is 1. The SMILES string of the molecule is Cc1ncsc1C(C)NC1CCCC1O. The summed E-state index contributed by atoms with van der Waals surface area (Å²) in [6, 6.07) is 0.566. The van der Waals surface area contributed by atoms with Gasteiger partial charge in [0.05, 0.1) is 17.3 Å². The lowest BCUT2D eigenvalue weighted by Crippen LogP contribution is -2.37. The van der Waals surface area contributed by atoms with Crippen LogP contribution in [0.2, 0.25) is 0 Å². The summed E-state index contributed by atoms with van der Waals surface area (Å²) in [4.78, 5) is 5.53. The van der Waals surface area contributed by atoms with Gasteiger partial charge in [0, 0.05) is 17.0 Å². The van der Waals surface area contributed by atoms with Gasteiger partial charge in [-0.3, -0.25) is 0 Å². The molecule has 1 aromatic heterocycles. The Morgan fingerprint density at radius 2 is 2.40 bits per heavy atom. The number of nitrogens with zero attached hydrogens (tertiary/aromatic N) is 1. The number of hydrogen-bond acceptors (Lipinski definition) is 4. The molecule has 3 atom stereocenters. The fourth-order valence-electron chi connectivity index (χ4n) is 2.26. The maximum atomic E-state index is 9.73. The summed E-state index contributed by atoms with van der Waals surface area (Å²) >= 11 is 1.69. The molecule has 0 saturated heterocycles. The van der Waals surface area contributed by atoms with Gasteiger partial charge in [-0.15, -0.1) is 11.3 Å². The molecule has 2 rings (SSSR count). The number of aryl methyl sites for hydroxylation is 1. The van der Waals surface area contributed by atoms with Crippen molar-refractivity contribution < 1.29 is 5.11 Å². The molecule has 3 unspecified atom stereocenters. The van der Waals surface area contributed by atoms with E-state index in [1.54, 1.807) is 11.3 Å². The van der Waals surface area contributed by atoms with Crippen molar-refractivity contribution in [2.24, 2.45) is 0 Å². The number of aromatic nitrogens is 1. The van der Waals surface area contributed by atoms with E-state index in [0.29, 0.717) is 6.04 Å². The second-order valence-electron chi connectivity index (χ2n) is 4.30. The minimum absolute atomic E-state index is 0.166. The number of thiazole rings is 1. The molecule has 1 heterocycles. The predicted octanol–water partition coefficient (Wildman–Crippen LogP) is 2.02. The summed E-state index contributed by atoms with van der Waals surface area (Å²) < 4.78 is 0. The van der Waals surface area contributed by atoms with Crippen LogP contribution in [-0.4, -0.2) is 22.2 Å². The molecule has 84 valence electrons. The summed E-state index contributed by atoms with van der Waals surface area (Å²) in [5, 5.41) is 13.2. The molecule has 0 amide bonds. The van der Waals surface area contributed by atoms with Crippen LogP contribution in [0.15, 0.2) is 5.51 Å². The smallest absolute Gasteiger partial charge is 0.0798 e. The molecule has 0 aromatic carbocycles. The van der Waals surface area contributed by atoms with Crippen molar-refractivity contribution in [2.75, 3.05) is 0 Å². The van der Waals surface area contributed by atoms with Crippen molar-refractivity contribution in [2.45, 2.75) is 51.3 Å². The molecular formula is C11H18N2OS. The normalized spacial score (nSPS) is 28.2. The molecule has 0 bridgehead atoms. The number of rotatable bonds is 3. The van der Waals surface area contributed by atoms with Gasteiger partial charge in [-0.05, 0) is 33.1 Å². The zero-order chi connectivity index (χ0) is 10.8. The van der Waals surface area contributed by atoms with Crippen molar-refractivity contribution in [3.05, 3.63) is 16.1 Å². The first-order valence-corrected chi connectivity index (χ1v) is 6.40. The number of hydrogen-bond donors (Lipinski definition) is 2. The Morgan fingerprint density at radius 3 is 2.93 bits per heavy atom. The molecule has 1 aliphatic carbocycles. The summed E-state index contributed by atoms with van der Waals surface area (Å²) in [5.74, 6) is 0. The molecule has 0 aliphatic heterocycles. The monoisotopic (exact) mass is 226 g/mol. The Hall–Kier alpha value is -0.450. The largest absolute Gasteiger partial charge is 0.392 e. The average molecular weight is 226 g/mol. The lowest BCUT2D eigenvalue weighted by atomic mass is 10.1. The molecule has 0 spiro atoms. The lowest BCUT2D eigenvalue weighted by Gasteiger charge is -2.21. The third-order valence-electron chi connectivity index (χ3n) is 3.12. The lowest BCUT2D eigenvalue weighted by molar-refractivity contribution is 0.144. The van der Waals surface area contributed by atoms with Crippen LogP contribution in [0.1, 0.15) is 42.8 Å². The van der Waals surface area contributed by atoms with E-state index in [9.17, 15) is 5.11 Å². The van der Waals surface area contributed by atoms with Gasteiger partial charge in [0.2, 0.25) is 0 Å². The van der Waals surface area contributed by atoms with Gasteiger partial charge in [0.25, 0.3) is 0 Å². The van der Waals surface area contributed by atoms with E-state index in [1.807, 2.05) is 12.4 Å². The molecule has 1 fully saturated rings. The topological polar surface area (TPSA) is 45.2 Å². The van der Waals surface area contributed by atoms with Crippen molar-refractivity contribution in [3.8, 4) is 0 Å². The number of aliphatic hydroxyl groups is 1. The second kappa shape index (κ2) is 4.60. The highest BCUT2D eigenvalue weighted by molar-refractivity contribution is 7.09. The van der Waals surface area contributed by atoms with Crippen LogP contribution in [-0.2, 0) is 0 Å². The molecule has 15 heavy (non-hydrogen) atoms. The van der Waals surface area contributed by atoms with Crippen LogP contribution in [0, 0.1) is 6.92 Å². The second-order valence-corrected chi connectivity index (χ2v) is 5.18. The van der Waals surface area contributed by atoms with Crippen molar-refractivity contribution in [1.29, 1.82) is 0 Å². The Balaban J connectivity index is 1.97. The first kappa shape index (κ1) is 11.0. The fourth-order valence-corrected chi connectivity index (χ4v) is 3.08. The molecule has 1 saturated carbocycles. The highest BCUT2D eigenvalue weighted by Crippen LogP contribution is 2.25. The van der Waals surface area contributed by atoms with Gasteiger partial charge < -0.3 is 10.4 Å². The van der Waals surface area contributed by atoms with E-state index in [-0.39, 0.29) is 12.1 Å². The quantitative estimate of drug-likeness (QED) is 0.829. The maximum absolute atomic E-state index is 9.73. The Bertz CT molecular complexity index is 326. The molecule has 3 nitrogen and oxygen atoms in total. The molecule has 1 aliphatic rings. The van der Waals surface area contributed by atoms with E-state index in [2.05, 4.69) is 17.2 Å². The summed E-state index contributed by atoms with van der Waals surface area (Å²) in [6.45, 7) is 4.18. The van der Waals surface area contributed by atoms with E-state index in [1.165, 1.54) is 4.88 Å². The van der Waals surface area contributed by atoms with Gasteiger partial charge >= 0.3 is 0 Å². The van der Waals surface area contributed by atoms with E-state index >= 15 is 0 Å². The Kier molecular flexibility index (Phi) is 3.38. The van der Waals surface area contributed by atoms with E-state index in [4.69, 9.17) is 0 Å². The van der Waals surface area contributed by atoms with Crippen molar-refractivity contribution in [3.63, 3.8) is 0 Å². The van der Waals surface area contributed by atoms with Crippen molar-refractivity contribution in [1.82, 2.24) is 10.3 Å². The molecule has 1 aromatic rings. The third kappa shape index (κ3) is 2.38. The molecule has 4 heteroatoms. The van der Waals surface area contributed by atoms with Gasteiger partial charge in [-0.25, -0.2) is 4.98 Å². The van der Waals surface area contributed by atoms with Gasteiger partial charge in [0.15, 0.2) is 0 Å². The summed E-state index contributed by atoms with van der Waals surface area (Å²) in [6.07, 6.45) is 2.99. The fraction of sp³-hybridized carbons (Fsp3) is 0.727. The van der Waals surface area contributed by atoms with E-state index in [0.717, 1.165) is 25.0 Å². The zero-order valence-electron chi connectivity index (χ0n) is 9.23. The first-order valence-electron chi connectivity index (χ1n) is 5.52. The van der Waals surface area contributed by atoms with Crippen LogP contribution in [0.5, 0.6) is 0 Å². The van der Waals surface area contributed by atoms with Crippen LogP contribution in [0.25, 0.3) is 0 Å². The zero-order valence-corrected chi connectivity index (χ0v) is 10.0. The molecular weight excluding hydrogens is 208 g/mol. The van der Waals surface area contributed by atoms with E-state index < -0.39 is 0 Å². The standard InChI is InChI=1S/C11H18N2OS/c1-7-11(15-6-12-7)8(2)13-9-4-3-5-10(9)14/h6,8-10,13-14H,3-5H2,1-2H3. The Morgan fingerprint density at radius 1 is 1.60 bits per heavy atom. The third-order valence-corrected chi connectivity index (χ3v) is 4.23. The minimum Gasteiger partial charge on any atom is -0.392 e. The number of aliphatic hydroxyl groups excluding tert-OH is 1. The molecule has 0 radical (unpaired) electrons. The van der Waals surface area contributed by atoms with Crippen LogP contribution in [0.4, 0.5) is 0 Å². The van der Waals surface area contributed by atoms with Crippen LogP contribution >= 0.6 is 11.3 Å². The van der Waals surface area contributed by atoms with Gasteiger partial charge in [0.1, 0.15) is 0 Å². The summed E-state index contributed by atoms with van der Waals surface area (Å²) in [7, 11) is 0. The highest BCUT2D eigenvalue weighted by Gasteiger charge is 2.27. The predicted molar refractivity (Wildman–Crippen MR) is 62.0 cm³/mol. The van der Waals surface area contributed by atoms with Crippen molar-refractivity contribution >= 4 is 11.3 Å². The Labute approximate surface area is 94.5 Å². The van der Waals surface area contributed by atoms with Crippen LogP contribution < -0.4 is 5.32 Å². The summed E-state index contributed by atoms with van der Waals surface area (Å²) in [5.41, 5.74) is 2.99. The minimum atomic E-state index is -0.166. The maximum Gasteiger partial charge on any atom is 0.0798 e. The first-order chi connectivity index (χ1) is 7.18.